The van der Waals surface area contributed by atoms with Crippen molar-refractivity contribution in [2.75, 3.05) is 24.6 Å². The zero-order valence-electron chi connectivity index (χ0n) is 11.9. The lowest BCUT2D eigenvalue weighted by atomic mass is 9.79. The van der Waals surface area contributed by atoms with Gasteiger partial charge in [-0.15, -0.1) is 0 Å². The molecule has 1 aliphatic heterocycles. The largest absolute Gasteiger partial charge is 0.393 e. The molecule has 1 heterocycles. The molecule has 2 fully saturated rings. The van der Waals surface area contributed by atoms with Crippen molar-refractivity contribution in [3.8, 4) is 0 Å². The van der Waals surface area contributed by atoms with Crippen molar-refractivity contribution in [2.24, 2.45) is 5.92 Å². The Kier molecular flexibility index (Phi) is 4.25. The monoisotopic (exact) mass is 276 g/mol. The highest BCUT2D eigenvalue weighted by molar-refractivity contribution is 5.55. The van der Waals surface area contributed by atoms with E-state index in [1.165, 1.54) is 30.5 Å². The van der Waals surface area contributed by atoms with E-state index in [0.29, 0.717) is 5.92 Å². The maximum absolute atomic E-state index is 13.5. The van der Waals surface area contributed by atoms with Crippen LogP contribution >= 0.6 is 0 Å². The first-order valence-corrected chi connectivity index (χ1v) is 7.79. The Bertz CT molecular complexity index is 438. The van der Waals surface area contributed by atoms with Crippen molar-refractivity contribution in [2.45, 2.75) is 44.2 Å². The molecule has 0 amide bonds. The van der Waals surface area contributed by atoms with Crippen molar-refractivity contribution in [3.63, 3.8) is 0 Å². The molecule has 3 rings (SSSR count). The first-order chi connectivity index (χ1) is 9.79. The predicted octanol–water partition coefficient (Wildman–Crippen LogP) is 3.30. The minimum atomic E-state index is -1.05. The van der Waals surface area contributed by atoms with Crippen molar-refractivity contribution >= 4 is 5.69 Å². The molecule has 20 heavy (non-hydrogen) atoms. The number of rotatable bonds is 4. The topological polar surface area (TPSA) is 23.5 Å². The van der Waals surface area contributed by atoms with Gasteiger partial charge in [-0.1, -0.05) is 12.5 Å². The number of aliphatic hydroxyl groups is 1. The normalized spacial score (nSPS) is 22.6. The number of hydrogen-bond acceptors (Lipinski definition) is 2. The highest BCUT2D eigenvalue weighted by Gasteiger charge is 2.29. The van der Waals surface area contributed by atoms with Gasteiger partial charge in [0.25, 0.3) is 0 Å². The van der Waals surface area contributed by atoms with Crippen LogP contribution in [-0.2, 0) is 0 Å². The van der Waals surface area contributed by atoms with Gasteiger partial charge in [0.1, 0.15) is 6.17 Å². The predicted molar refractivity (Wildman–Crippen MR) is 78.8 cm³/mol. The molecule has 1 aromatic carbocycles. The van der Waals surface area contributed by atoms with Gasteiger partial charge in [0.15, 0.2) is 0 Å². The van der Waals surface area contributed by atoms with Crippen LogP contribution in [0.25, 0.3) is 0 Å². The third kappa shape index (κ3) is 2.69. The lowest BCUT2D eigenvalue weighted by Gasteiger charge is -2.38. The number of hydrogen-bond donors (Lipinski definition) is 1. The van der Waals surface area contributed by atoms with Gasteiger partial charge in [-0.3, -0.25) is 0 Å². The van der Waals surface area contributed by atoms with Crippen LogP contribution in [0.4, 0.5) is 10.1 Å². The van der Waals surface area contributed by atoms with Crippen LogP contribution in [0, 0.1) is 12.0 Å². The van der Waals surface area contributed by atoms with E-state index in [-0.39, 0.29) is 12.5 Å². The third-order valence-electron chi connectivity index (χ3n) is 4.98. The minimum Gasteiger partial charge on any atom is -0.393 e. The van der Waals surface area contributed by atoms with Gasteiger partial charge in [0, 0.05) is 18.8 Å². The fourth-order valence-electron chi connectivity index (χ4n) is 3.42. The molecular formula is C17H23FNO. The summed E-state index contributed by atoms with van der Waals surface area (Å²) in [5.41, 5.74) is 2.75. The highest BCUT2D eigenvalue weighted by Crippen LogP contribution is 2.41. The smallest absolute Gasteiger partial charge is 0.126 e. The molecule has 1 aromatic rings. The summed E-state index contributed by atoms with van der Waals surface area (Å²) in [6.07, 6.45) is 4.54. The molecule has 1 radical (unpaired) electrons. The van der Waals surface area contributed by atoms with Crippen molar-refractivity contribution in [1.82, 2.24) is 0 Å². The molecular weight excluding hydrogens is 253 g/mol. The molecule has 1 saturated carbocycles. The molecule has 109 valence electrons. The summed E-state index contributed by atoms with van der Waals surface area (Å²) < 4.78 is 13.5. The van der Waals surface area contributed by atoms with E-state index in [0.717, 1.165) is 25.9 Å². The lowest BCUT2D eigenvalue weighted by molar-refractivity contribution is 0.112. The Morgan fingerprint density at radius 1 is 1.30 bits per heavy atom. The second-order valence-corrected chi connectivity index (χ2v) is 6.14. The number of alkyl halides is 1. The second kappa shape index (κ2) is 6.13. The van der Waals surface area contributed by atoms with E-state index >= 15 is 0 Å². The van der Waals surface area contributed by atoms with E-state index < -0.39 is 6.17 Å². The van der Waals surface area contributed by atoms with E-state index in [9.17, 15) is 4.39 Å². The Hall–Kier alpha value is -1.09. The molecule has 1 atom stereocenters. The maximum Gasteiger partial charge on any atom is 0.126 e. The molecule has 1 aliphatic carbocycles. The SMILES string of the molecule is OCC(F)C1CCN(c2cc[c]cc2C2CCC2)CC1. The number of benzene rings is 1. The minimum absolute atomic E-state index is 0.0266. The van der Waals surface area contributed by atoms with Crippen molar-refractivity contribution < 1.29 is 9.50 Å². The summed E-state index contributed by atoms with van der Waals surface area (Å²) in [4.78, 5) is 2.39. The number of piperidine rings is 1. The van der Waals surface area contributed by atoms with Crippen LogP contribution in [0.2, 0.25) is 0 Å². The molecule has 0 spiro atoms. The lowest BCUT2D eigenvalue weighted by Crippen LogP contribution is -2.38. The maximum atomic E-state index is 13.5. The zero-order chi connectivity index (χ0) is 13.9. The van der Waals surface area contributed by atoms with Gasteiger partial charge < -0.3 is 10.0 Å². The van der Waals surface area contributed by atoms with E-state index in [1.807, 2.05) is 6.07 Å². The van der Waals surface area contributed by atoms with Crippen LogP contribution in [0.3, 0.4) is 0 Å². The molecule has 2 aliphatic rings. The van der Waals surface area contributed by atoms with Crippen LogP contribution in [0.1, 0.15) is 43.6 Å². The first-order valence-electron chi connectivity index (χ1n) is 7.79. The molecule has 1 N–H and O–H groups in total. The van der Waals surface area contributed by atoms with Gasteiger partial charge >= 0.3 is 0 Å². The molecule has 1 unspecified atom stereocenters. The van der Waals surface area contributed by atoms with Gasteiger partial charge in [-0.05, 0) is 61.3 Å². The van der Waals surface area contributed by atoms with Gasteiger partial charge in [0.05, 0.1) is 6.61 Å². The van der Waals surface area contributed by atoms with E-state index in [1.54, 1.807) is 0 Å². The van der Waals surface area contributed by atoms with E-state index in [2.05, 4.69) is 23.1 Å². The molecule has 1 saturated heterocycles. The molecule has 3 heteroatoms. The Balaban J connectivity index is 1.69. The Morgan fingerprint density at radius 3 is 2.65 bits per heavy atom. The fourth-order valence-corrected chi connectivity index (χ4v) is 3.42. The summed E-state index contributed by atoms with van der Waals surface area (Å²) in [7, 11) is 0. The number of aliphatic hydroxyl groups excluding tert-OH is 1. The number of halogens is 1. The second-order valence-electron chi connectivity index (χ2n) is 6.14. The Labute approximate surface area is 120 Å². The summed E-state index contributed by atoms with van der Waals surface area (Å²) in [6, 6.07) is 9.48. The van der Waals surface area contributed by atoms with Crippen LogP contribution in [-0.4, -0.2) is 31.0 Å². The summed E-state index contributed by atoms with van der Waals surface area (Å²) in [5.74, 6) is 0.727. The van der Waals surface area contributed by atoms with Crippen LogP contribution in [0.5, 0.6) is 0 Å². The summed E-state index contributed by atoms with van der Waals surface area (Å²) >= 11 is 0. The van der Waals surface area contributed by atoms with Crippen LogP contribution < -0.4 is 4.90 Å². The van der Waals surface area contributed by atoms with Crippen molar-refractivity contribution in [3.05, 3.63) is 29.8 Å². The summed E-state index contributed by atoms with van der Waals surface area (Å²) in [5, 5.41) is 8.93. The van der Waals surface area contributed by atoms with Gasteiger partial charge in [-0.2, -0.15) is 0 Å². The molecule has 2 nitrogen and oxygen atoms in total. The highest BCUT2D eigenvalue weighted by atomic mass is 19.1. The average molecular weight is 276 g/mol. The molecule has 0 bridgehead atoms. The molecule has 0 aromatic heterocycles. The van der Waals surface area contributed by atoms with Crippen LogP contribution in [0.15, 0.2) is 18.2 Å². The van der Waals surface area contributed by atoms with Gasteiger partial charge in [0.2, 0.25) is 0 Å². The average Bonchev–Trinajstić information content (AvgIpc) is 2.45. The number of nitrogens with zero attached hydrogens (tertiary/aromatic N) is 1. The van der Waals surface area contributed by atoms with Crippen molar-refractivity contribution in [1.29, 1.82) is 0 Å². The standard InChI is InChI=1S/C17H23FNO/c18-16(12-20)14-8-10-19(11-9-14)17-7-2-1-6-15(17)13-4-3-5-13/h2,6-7,13-14,16,20H,3-5,8-12H2. The third-order valence-corrected chi connectivity index (χ3v) is 4.98. The Morgan fingerprint density at radius 2 is 2.05 bits per heavy atom. The number of anilines is 1. The summed E-state index contributed by atoms with van der Waals surface area (Å²) in [6.45, 7) is 1.46. The zero-order valence-corrected chi connectivity index (χ0v) is 11.9. The first kappa shape index (κ1) is 13.9. The fraction of sp³-hybridized carbons (Fsp3) is 0.647. The van der Waals surface area contributed by atoms with E-state index in [4.69, 9.17) is 5.11 Å². The van der Waals surface area contributed by atoms with Gasteiger partial charge in [-0.25, -0.2) is 4.39 Å². The quantitative estimate of drug-likeness (QED) is 0.912.